The van der Waals surface area contributed by atoms with Crippen LogP contribution in [-0.4, -0.2) is 66.3 Å². The van der Waals surface area contributed by atoms with E-state index in [-0.39, 0.29) is 30.4 Å². The first-order valence-electron chi connectivity index (χ1n) is 11.8. The number of carbonyl (C=O) groups excluding carboxylic acids is 3. The van der Waals surface area contributed by atoms with Crippen LogP contribution in [-0.2, 0) is 20.8 Å². The monoisotopic (exact) mass is 446 g/mol. The number of rotatable bonds is 11. The number of likely N-dealkylation sites (tertiary alicyclic amines) is 1. The molecule has 180 valence electrons. The standard InChI is InChI=1S/C18H26N2O2.C7H16N2O/c1-2-7-18(22)19(13-11-16-8-4-3-5-9-16)14-17-10-6-12-20(17)15-21;1-5(2)6(3)9-7(10)4-8/h3-5,8-9,15,17H,2,6-7,10-14H2,1H3;5-6H,4,8H2,1-3H3,(H,9,10)/t17-;/m0./s1. The van der Waals surface area contributed by atoms with Gasteiger partial charge in [-0.2, -0.15) is 0 Å². The minimum Gasteiger partial charge on any atom is -0.352 e. The van der Waals surface area contributed by atoms with Crippen LogP contribution in [0.15, 0.2) is 30.3 Å². The SMILES string of the molecule is CC(C)C(C)NC(=O)CN.CCCC(=O)N(CCc1ccccc1)C[C@@H]1CCCN1C=O. The van der Waals surface area contributed by atoms with Gasteiger partial charge in [-0.3, -0.25) is 14.4 Å². The Hall–Kier alpha value is -2.41. The van der Waals surface area contributed by atoms with Gasteiger partial charge in [0.25, 0.3) is 0 Å². The number of hydrogen-bond donors (Lipinski definition) is 2. The number of benzene rings is 1. The topological polar surface area (TPSA) is 95.7 Å². The first kappa shape index (κ1) is 27.6. The first-order valence-corrected chi connectivity index (χ1v) is 11.8. The molecule has 1 aromatic carbocycles. The molecule has 2 rings (SSSR count). The third kappa shape index (κ3) is 10.3. The van der Waals surface area contributed by atoms with E-state index in [1.54, 1.807) is 0 Å². The second kappa shape index (κ2) is 15.4. The summed E-state index contributed by atoms with van der Waals surface area (Å²) < 4.78 is 0. The van der Waals surface area contributed by atoms with Crippen LogP contribution in [0, 0.1) is 5.92 Å². The molecule has 7 nitrogen and oxygen atoms in total. The quantitative estimate of drug-likeness (QED) is 0.511. The molecule has 2 atom stereocenters. The lowest BCUT2D eigenvalue weighted by molar-refractivity contribution is -0.133. The number of carbonyl (C=O) groups is 3. The molecule has 1 saturated heterocycles. The average molecular weight is 447 g/mol. The van der Waals surface area contributed by atoms with E-state index in [9.17, 15) is 14.4 Å². The summed E-state index contributed by atoms with van der Waals surface area (Å²) in [7, 11) is 0. The summed E-state index contributed by atoms with van der Waals surface area (Å²) >= 11 is 0. The summed E-state index contributed by atoms with van der Waals surface area (Å²) in [5, 5.41) is 2.77. The van der Waals surface area contributed by atoms with Crippen molar-refractivity contribution >= 4 is 18.2 Å². The molecule has 1 unspecified atom stereocenters. The molecule has 1 aliphatic rings. The van der Waals surface area contributed by atoms with E-state index in [1.807, 2.05) is 41.8 Å². The minimum atomic E-state index is -0.0822. The molecule has 1 fully saturated rings. The smallest absolute Gasteiger partial charge is 0.233 e. The second-order valence-electron chi connectivity index (χ2n) is 8.77. The normalized spacial score (nSPS) is 16.2. The van der Waals surface area contributed by atoms with Crippen molar-refractivity contribution in [2.45, 2.75) is 71.9 Å². The van der Waals surface area contributed by atoms with Crippen molar-refractivity contribution in [3.8, 4) is 0 Å². The lowest BCUT2D eigenvalue weighted by Gasteiger charge is -2.29. The Morgan fingerprint density at radius 1 is 1.25 bits per heavy atom. The zero-order valence-electron chi connectivity index (χ0n) is 20.3. The molecule has 3 amide bonds. The summed E-state index contributed by atoms with van der Waals surface area (Å²) in [6, 6.07) is 10.7. The van der Waals surface area contributed by atoms with Crippen LogP contribution in [0.3, 0.4) is 0 Å². The molecule has 1 heterocycles. The largest absolute Gasteiger partial charge is 0.352 e. The van der Waals surface area contributed by atoms with Crippen LogP contribution < -0.4 is 11.1 Å². The lowest BCUT2D eigenvalue weighted by Crippen LogP contribution is -2.43. The third-order valence-electron chi connectivity index (χ3n) is 5.89. The van der Waals surface area contributed by atoms with E-state index >= 15 is 0 Å². The molecule has 3 N–H and O–H groups in total. The van der Waals surface area contributed by atoms with Gasteiger partial charge in [0.1, 0.15) is 0 Å². The predicted octanol–water partition coefficient (Wildman–Crippen LogP) is 2.58. The highest BCUT2D eigenvalue weighted by Gasteiger charge is 2.26. The van der Waals surface area contributed by atoms with E-state index in [0.717, 1.165) is 45.2 Å². The van der Waals surface area contributed by atoms with Gasteiger partial charge >= 0.3 is 0 Å². The van der Waals surface area contributed by atoms with Crippen molar-refractivity contribution in [1.29, 1.82) is 0 Å². The van der Waals surface area contributed by atoms with Gasteiger partial charge in [0.05, 0.1) is 6.54 Å². The Labute approximate surface area is 193 Å². The van der Waals surface area contributed by atoms with Gasteiger partial charge in [-0.05, 0) is 44.1 Å². The minimum absolute atomic E-state index is 0.0804. The number of nitrogens with zero attached hydrogens (tertiary/aromatic N) is 2. The van der Waals surface area contributed by atoms with Crippen molar-refractivity contribution in [3.05, 3.63) is 35.9 Å². The van der Waals surface area contributed by atoms with Crippen LogP contribution in [0.25, 0.3) is 0 Å². The summed E-state index contributed by atoms with van der Waals surface area (Å²) in [6.45, 7) is 10.4. The third-order valence-corrected chi connectivity index (χ3v) is 5.89. The summed E-state index contributed by atoms with van der Waals surface area (Å²) in [5.74, 6) is 0.591. The van der Waals surface area contributed by atoms with Crippen LogP contribution in [0.4, 0.5) is 0 Å². The fourth-order valence-electron chi connectivity index (χ4n) is 3.53. The van der Waals surface area contributed by atoms with Gasteiger partial charge in [-0.15, -0.1) is 0 Å². The van der Waals surface area contributed by atoms with Crippen molar-refractivity contribution in [1.82, 2.24) is 15.1 Å². The van der Waals surface area contributed by atoms with Gasteiger partial charge < -0.3 is 20.9 Å². The number of hydrogen-bond acceptors (Lipinski definition) is 4. The molecule has 0 bridgehead atoms. The van der Waals surface area contributed by atoms with E-state index in [1.165, 1.54) is 5.56 Å². The fourth-order valence-corrected chi connectivity index (χ4v) is 3.53. The Morgan fingerprint density at radius 3 is 2.50 bits per heavy atom. The van der Waals surface area contributed by atoms with Crippen molar-refractivity contribution in [3.63, 3.8) is 0 Å². The Kier molecular flexibility index (Phi) is 13.3. The van der Waals surface area contributed by atoms with Gasteiger partial charge in [-0.25, -0.2) is 0 Å². The molecular formula is C25H42N4O3. The highest BCUT2D eigenvalue weighted by Crippen LogP contribution is 2.17. The van der Waals surface area contributed by atoms with E-state index in [2.05, 4.69) is 31.3 Å². The van der Waals surface area contributed by atoms with E-state index in [4.69, 9.17) is 5.73 Å². The van der Waals surface area contributed by atoms with Gasteiger partial charge in [0, 0.05) is 38.1 Å². The fraction of sp³-hybridized carbons (Fsp3) is 0.640. The maximum atomic E-state index is 12.4. The zero-order chi connectivity index (χ0) is 23.9. The average Bonchev–Trinajstić information content (AvgIpc) is 3.24. The van der Waals surface area contributed by atoms with Crippen molar-refractivity contribution in [2.24, 2.45) is 11.7 Å². The van der Waals surface area contributed by atoms with Crippen LogP contribution in [0.1, 0.15) is 58.9 Å². The van der Waals surface area contributed by atoms with Gasteiger partial charge in [0.2, 0.25) is 18.2 Å². The molecule has 0 saturated carbocycles. The highest BCUT2D eigenvalue weighted by molar-refractivity contribution is 5.78. The van der Waals surface area contributed by atoms with Crippen molar-refractivity contribution < 1.29 is 14.4 Å². The lowest BCUT2D eigenvalue weighted by atomic mass is 10.1. The molecule has 32 heavy (non-hydrogen) atoms. The Morgan fingerprint density at radius 2 is 1.94 bits per heavy atom. The number of nitrogens with one attached hydrogen (secondary N) is 1. The molecule has 0 radical (unpaired) electrons. The second-order valence-corrected chi connectivity index (χ2v) is 8.77. The molecule has 1 aliphatic heterocycles. The molecule has 7 heteroatoms. The summed E-state index contributed by atoms with van der Waals surface area (Å²) in [5.41, 5.74) is 6.35. The Balaban J connectivity index is 0.000000433. The maximum Gasteiger partial charge on any atom is 0.233 e. The summed E-state index contributed by atoms with van der Waals surface area (Å²) in [6.07, 6.45) is 5.28. The zero-order valence-corrected chi connectivity index (χ0v) is 20.3. The van der Waals surface area contributed by atoms with Crippen molar-refractivity contribution in [2.75, 3.05) is 26.2 Å². The van der Waals surface area contributed by atoms with Gasteiger partial charge in [0.15, 0.2) is 0 Å². The number of amides is 3. The highest BCUT2D eigenvalue weighted by atomic mass is 16.2. The van der Waals surface area contributed by atoms with Crippen LogP contribution in [0.2, 0.25) is 0 Å². The molecule has 0 spiro atoms. The van der Waals surface area contributed by atoms with Gasteiger partial charge in [-0.1, -0.05) is 51.1 Å². The van der Waals surface area contributed by atoms with E-state index in [0.29, 0.717) is 18.9 Å². The number of nitrogens with two attached hydrogens (primary N) is 1. The predicted molar refractivity (Wildman–Crippen MR) is 129 cm³/mol. The Bertz CT molecular complexity index is 681. The molecule has 0 aromatic heterocycles. The van der Waals surface area contributed by atoms with Crippen LogP contribution >= 0.6 is 0 Å². The maximum absolute atomic E-state index is 12.4. The molecular weight excluding hydrogens is 404 g/mol. The first-order chi connectivity index (χ1) is 15.3. The van der Waals surface area contributed by atoms with Crippen LogP contribution in [0.5, 0.6) is 0 Å². The van der Waals surface area contributed by atoms with E-state index < -0.39 is 0 Å². The summed E-state index contributed by atoms with van der Waals surface area (Å²) in [4.78, 5) is 37.9. The molecule has 0 aliphatic carbocycles. The molecule has 1 aromatic rings.